The van der Waals surface area contributed by atoms with Gasteiger partial charge in [-0.05, 0) is 27.7 Å². The van der Waals surface area contributed by atoms with Crippen LogP contribution in [-0.2, 0) is 34.8 Å². The normalized spacial score (nSPS) is 18.6. The lowest BCUT2D eigenvalue weighted by Crippen LogP contribution is -2.67. The molecule has 2 unspecified atom stereocenters. The number of rotatable bonds is 5. The molecule has 1 fully saturated rings. The van der Waals surface area contributed by atoms with E-state index in [1.807, 2.05) is 20.8 Å². The minimum Gasteiger partial charge on any atom is -0.469 e. The highest BCUT2D eigenvalue weighted by molar-refractivity contribution is 7.84. The molecule has 1 rings (SSSR count). The van der Waals surface area contributed by atoms with Gasteiger partial charge >= 0.3 is 11.9 Å². The highest BCUT2D eigenvalue weighted by Crippen LogP contribution is 2.29. The lowest BCUT2D eigenvalue weighted by molar-refractivity contribution is -0.158. The summed E-state index contributed by atoms with van der Waals surface area (Å²) < 4.78 is 28.9. The predicted octanol–water partition coefficient (Wildman–Crippen LogP) is 1.19. The van der Waals surface area contributed by atoms with Crippen molar-refractivity contribution in [2.75, 3.05) is 27.4 Å². The van der Waals surface area contributed by atoms with Crippen molar-refractivity contribution in [3.05, 3.63) is 0 Å². The zero-order valence-corrected chi connectivity index (χ0v) is 15.9. The van der Waals surface area contributed by atoms with E-state index in [4.69, 9.17) is 9.47 Å². The second kappa shape index (κ2) is 9.34. The number of hydrogen-bond acceptors (Lipinski definition) is 6. The van der Waals surface area contributed by atoms with Crippen molar-refractivity contribution >= 4 is 22.9 Å². The van der Waals surface area contributed by atoms with E-state index < -0.39 is 16.5 Å². The maximum absolute atomic E-state index is 12.1. The van der Waals surface area contributed by atoms with Gasteiger partial charge in [-0.1, -0.05) is 6.92 Å². The number of carbonyl (C=O) groups excluding carboxylic acids is 2. The summed E-state index contributed by atoms with van der Waals surface area (Å²) in [5, 5.41) is 0. The monoisotopic (exact) mass is 351 g/mol. The van der Waals surface area contributed by atoms with Crippen LogP contribution < -0.4 is 4.72 Å². The van der Waals surface area contributed by atoms with Crippen molar-refractivity contribution in [2.45, 2.75) is 51.3 Å². The zero-order chi connectivity index (χ0) is 18.3. The molecule has 1 saturated heterocycles. The Morgan fingerprint density at radius 3 is 2.00 bits per heavy atom. The quantitative estimate of drug-likeness (QED) is 0.748. The Morgan fingerprint density at radius 2 is 1.78 bits per heavy atom. The molecule has 23 heavy (non-hydrogen) atoms. The van der Waals surface area contributed by atoms with Crippen molar-refractivity contribution in [1.82, 2.24) is 4.72 Å². The minimum absolute atomic E-state index is 0.157. The predicted molar refractivity (Wildman–Crippen MR) is 88.1 cm³/mol. The van der Waals surface area contributed by atoms with Gasteiger partial charge in [-0.15, -0.1) is 0 Å². The van der Waals surface area contributed by atoms with Crippen LogP contribution in [-0.4, -0.2) is 53.9 Å². The van der Waals surface area contributed by atoms with Crippen LogP contribution in [0, 0.1) is 5.92 Å². The smallest absolute Gasteiger partial charge is 0.310 e. The molecule has 1 aliphatic rings. The minimum atomic E-state index is -1.23. The number of carbonyl (C=O) groups is 2. The van der Waals surface area contributed by atoms with E-state index >= 15 is 0 Å². The summed E-state index contributed by atoms with van der Waals surface area (Å²) in [6.45, 7) is 9.92. The molecule has 1 N–H and O–H groups in total. The van der Waals surface area contributed by atoms with Gasteiger partial charge in [-0.25, -0.2) is 8.93 Å². The Bertz CT molecular complexity index is 422. The van der Waals surface area contributed by atoms with E-state index in [1.165, 1.54) is 14.2 Å². The third-order valence-electron chi connectivity index (χ3n) is 3.47. The molecule has 1 heterocycles. The number of nitrogens with one attached hydrogen (secondary N) is 1. The third kappa shape index (κ3) is 6.56. The molecule has 0 spiro atoms. The summed E-state index contributed by atoms with van der Waals surface area (Å²) in [6, 6.07) is 0. The highest BCUT2D eigenvalue weighted by Gasteiger charge is 2.49. The Labute approximate surface area is 141 Å². The molecule has 136 valence electrons. The maximum atomic E-state index is 12.1. The first-order valence-corrected chi connectivity index (χ1v) is 8.61. The molecule has 0 bridgehead atoms. The van der Waals surface area contributed by atoms with Crippen LogP contribution >= 0.6 is 0 Å². The number of ether oxygens (including phenoxy) is 3. The molecular formula is C15H29NO6S. The summed E-state index contributed by atoms with van der Waals surface area (Å²) >= 11 is 0. The van der Waals surface area contributed by atoms with Crippen molar-refractivity contribution in [2.24, 2.45) is 5.92 Å². The molecule has 0 aromatic carbocycles. The fourth-order valence-corrected chi connectivity index (χ4v) is 2.57. The van der Waals surface area contributed by atoms with Crippen LogP contribution in [0.5, 0.6) is 0 Å². The lowest BCUT2D eigenvalue weighted by atomic mass is 9.84. The SMILES string of the molecule is CCC(=O)OC.COC(=O)C(C)C1(NS(=O)C(C)(C)C)COC1. The van der Waals surface area contributed by atoms with Gasteiger partial charge < -0.3 is 14.2 Å². The molecule has 0 aromatic heterocycles. The fraction of sp³-hybridized carbons (Fsp3) is 0.867. The number of hydrogen-bond donors (Lipinski definition) is 1. The fourth-order valence-electron chi connectivity index (χ4n) is 1.60. The average molecular weight is 351 g/mol. The molecule has 7 nitrogen and oxygen atoms in total. The van der Waals surface area contributed by atoms with Gasteiger partial charge in [-0.2, -0.15) is 0 Å². The van der Waals surface area contributed by atoms with Gasteiger partial charge in [0.15, 0.2) is 0 Å². The van der Waals surface area contributed by atoms with Crippen LogP contribution in [0.25, 0.3) is 0 Å². The molecule has 1 aliphatic heterocycles. The maximum Gasteiger partial charge on any atom is 0.310 e. The van der Waals surface area contributed by atoms with Gasteiger partial charge in [0.1, 0.15) is 0 Å². The van der Waals surface area contributed by atoms with Gasteiger partial charge in [-0.3, -0.25) is 9.59 Å². The Kier molecular flexibility index (Phi) is 8.94. The Morgan fingerprint density at radius 1 is 1.26 bits per heavy atom. The van der Waals surface area contributed by atoms with Crippen LogP contribution in [0.4, 0.5) is 0 Å². The van der Waals surface area contributed by atoms with Crippen molar-refractivity contribution in [1.29, 1.82) is 0 Å². The van der Waals surface area contributed by atoms with Gasteiger partial charge in [0.25, 0.3) is 0 Å². The van der Waals surface area contributed by atoms with E-state index in [1.54, 1.807) is 13.8 Å². The van der Waals surface area contributed by atoms with Crippen molar-refractivity contribution in [3.8, 4) is 0 Å². The molecule has 0 radical (unpaired) electrons. The van der Waals surface area contributed by atoms with Crippen molar-refractivity contribution < 1.29 is 28.0 Å². The topological polar surface area (TPSA) is 90.9 Å². The number of esters is 2. The second-order valence-electron chi connectivity index (χ2n) is 6.31. The Hall–Kier alpha value is -0.990. The molecule has 8 heteroatoms. The second-order valence-corrected chi connectivity index (χ2v) is 8.27. The van der Waals surface area contributed by atoms with Gasteiger partial charge in [0.2, 0.25) is 0 Å². The van der Waals surface area contributed by atoms with Crippen LogP contribution in [0.2, 0.25) is 0 Å². The summed E-state index contributed by atoms with van der Waals surface area (Å²) in [6.07, 6.45) is 0.469. The largest absolute Gasteiger partial charge is 0.469 e. The van der Waals surface area contributed by atoms with Gasteiger partial charge in [0, 0.05) is 6.42 Å². The molecule has 0 amide bonds. The summed E-state index contributed by atoms with van der Waals surface area (Å²) in [5.41, 5.74) is -0.564. The number of methoxy groups -OCH3 is 2. The molecule has 0 aliphatic carbocycles. The molecule has 0 saturated carbocycles. The van der Waals surface area contributed by atoms with Crippen LogP contribution in [0.1, 0.15) is 41.0 Å². The molecular weight excluding hydrogens is 322 g/mol. The van der Waals surface area contributed by atoms with E-state index in [2.05, 4.69) is 9.46 Å². The summed E-state index contributed by atoms with van der Waals surface area (Å²) in [7, 11) is 1.50. The standard InChI is InChI=1S/C11H21NO4S.C4H8O2/c1-8(9(13)15-5)11(6-16-7-11)12-17(14)10(2,3)4;1-3-4(5)6-2/h8,12H,6-7H2,1-5H3;3H2,1-2H3. The molecule has 2 atom stereocenters. The third-order valence-corrected chi connectivity index (χ3v) is 5.18. The first-order chi connectivity index (χ1) is 10.5. The zero-order valence-electron chi connectivity index (χ0n) is 15.1. The summed E-state index contributed by atoms with van der Waals surface area (Å²) in [5.74, 6) is -0.853. The average Bonchev–Trinajstić information content (AvgIpc) is 2.47. The van der Waals surface area contributed by atoms with E-state index in [0.717, 1.165) is 0 Å². The first-order valence-electron chi connectivity index (χ1n) is 7.46. The van der Waals surface area contributed by atoms with E-state index in [-0.39, 0.29) is 22.6 Å². The highest BCUT2D eigenvalue weighted by atomic mass is 32.2. The van der Waals surface area contributed by atoms with Crippen molar-refractivity contribution in [3.63, 3.8) is 0 Å². The first kappa shape index (κ1) is 22.0. The summed E-state index contributed by atoms with van der Waals surface area (Å²) in [4.78, 5) is 21.5. The van der Waals surface area contributed by atoms with E-state index in [0.29, 0.717) is 19.6 Å². The van der Waals surface area contributed by atoms with E-state index in [9.17, 15) is 13.8 Å². The Balaban J connectivity index is 0.000000688. The lowest BCUT2D eigenvalue weighted by Gasteiger charge is -2.45. The van der Waals surface area contributed by atoms with Crippen LogP contribution in [0.15, 0.2) is 0 Å². The van der Waals surface area contributed by atoms with Crippen LogP contribution in [0.3, 0.4) is 0 Å². The van der Waals surface area contributed by atoms with Gasteiger partial charge in [0.05, 0.1) is 54.6 Å². The molecule has 0 aromatic rings.